The highest BCUT2D eigenvalue weighted by molar-refractivity contribution is 5.45. The number of nitrogens with zero attached hydrogens (tertiary/aromatic N) is 1. The summed E-state index contributed by atoms with van der Waals surface area (Å²) in [5, 5.41) is 9.87. The van der Waals surface area contributed by atoms with Gasteiger partial charge in [0.05, 0.1) is 0 Å². The van der Waals surface area contributed by atoms with Gasteiger partial charge in [-0.15, -0.1) is 0 Å². The van der Waals surface area contributed by atoms with Gasteiger partial charge in [-0.25, -0.2) is 0 Å². The minimum atomic E-state index is 0.339. The molecule has 0 radical (unpaired) electrons. The number of hydrogen-bond donors (Lipinski definition) is 1. The molecule has 0 aromatic heterocycles. The van der Waals surface area contributed by atoms with Crippen LogP contribution in [0.2, 0.25) is 0 Å². The van der Waals surface area contributed by atoms with Crippen LogP contribution in [-0.4, -0.2) is 30.1 Å². The first-order valence-electron chi connectivity index (χ1n) is 7.21. The van der Waals surface area contributed by atoms with Crippen molar-refractivity contribution in [2.75, 3.05) is 20.1 Å². The van der Waals surface area contributed by atoms with Crippen molar-refractivity contribution in [2.24, 2.45) is 0 Å². The molecule has 2 nitrogen and oxygen atoms in total. The van der Waals surface area contributed by atoms with Crippen LogP contribution < -0.4 is 0 Å². The molecule has 0 spiro atoms. The molecule has 0 aliphatic carbocycles. The van der Waals surface area contributed by atoms with E-state index in [-0.39, 0.29) is 0 Å². The SMILES string of the molecule is Cc1ccccc1C1CN(C)CCc2ccc(O)cc21. The summed E-state index contributed by atoms with van der Waals surface area (Å²) < 4.78 is 0. The number of aryl methyl sites for hydroxylation is 1. The fraction of sp³-hybridized carbons (Fsp3) is 0.333. The summed E-state index contributed by atoms with van der Waals surface area (Å²) >= 11 is 0. The Morgan fingerprint density at radius 2 is 1.90 bits per heavy atom. The molecule has 0 fully saturated rings. The monoisotopic (exact) mass is 267 g/mol. The van der Waals surface area contributed by atoms with E-state index in [0.29, 0.717) is 11.7 Å². The Labute approximate surface area is 120 Å². The minimum absolute atomic E-state index is 0.339. The summed E-state index contributed by atoms with van der Waals surface area (Å²) in [6, 6.07) is 14.4. The normalized spacial score (nSPS) is 19.4. The molecule has 0 amide bonds. The average molecular weight is 267 g/mol. The van der Waals surface area contributed by atoms with E-state index in [1.54, 1.807) is 6.07 Å². The van der Waals surface area contributed by atoms with Gasteiger partial charge in [-0.1, -0.05) is 30.3 Å². The number of aromatic hydroxyl groups is 1. The van der Waals surface area contributed by atoms with E-state index in [1.165, 1.54) is 22.3 Å². The lowest BCUT2D eigenvalue weighted by atomic mass is 9.86. The summed E-state index contributed by atoms with van der Waals surface area (Å²) in [5.74, 6) is 0.706. The fourth-order valence-corrected chi connectivity index (χ4v) is 3.19. The van der Waals surface area contributed by atoms with Crippen molar-refractivity contribution in [3.63, 3.8) is 0 Å². The molecular weight excluding hydrogens is 246 g/mol. The number of rotatable bonds is 1. The van der Waals surface area contributed by atoms with Crippen LogP contribution in [0.5, 0.6) is 5.75 Å². The van der Waals surface area contributed by atoms with Crippen LogP contribution in [0.1, 0.15) is 28.2 Å². The summed E-state index contributed by atoms with van der Waals surface area (Å²) in [6.45, 7) is 4.24. The van der Waals surface area contributed by atoms with E-state index < -0.39 is 0 Å². The zero-order chi connectivity index (χ0) is 14.1. The van der Waals surface area contributed by atoms with Crippen molar-refractivity contribution >= 4 is 0 Å². The van der Waals surface area contributed by atoms with Gasteiger partial charge in [0, 0.05) is 19.0 Å². The van der Waals surface area contributed by atoms with Crippen LogP contribution in [0.15, 0.2) is 42.5 Å². The Balaban J connectivity index is 2.14. The lowest BCUT2D eigenvalue weighted by Gasteiger charge is -2.23. The Morgan fingerprint density at radius 1 is 1.10 bits per heavy atom. The first-order valence-corrected chi connectivity index (χ1v) is 7.21. The van der Waals surface area contributed by atoms with Crippen LogP contribution in [0.4, 0.5) is 0 Å². The predicted molar refractivity (Wildman–Crippen MR) is 82.3 cm³/mol. The summed E-state index contributed by atoms with van der Waals surface area (Å²) in [5.41, 5.74) is 5.33. The van der Waals surface area contributed by atoms with Gasteiger partial charge in [-0.3, -0.25) is 0 Å². The molecule has 1 N–H and O–H groups in total. The van der Waals surface area contributed by atoms with Crippen molar-refractivity contribution < 1.29 is 5.11 Å². The van der Waals surface area contributed by atoms with Gasteiger partial charge in [-0.2, -0.15) is 0 Å². The molecule has 1 heterocycles. The lowest BCUT2D eigenvalue weighted by molar-refractivity contribution is 0.337. The molecule has 1 aliphatic rings. The third-order valence-corrected chi connectivity index (χ3v) is 4.33. The molecule has 1 atom stereocenters. The van der Waals surface area contributed by atoms with Crippen LogP contribution in [0, 0.1) is 6.92 Å². The molecule has 2 aromatic rings. The predicted octanol–water partition coefficient (Wildman–Crippen LogP) is 3.32. The molecule has 3 rings (SSSR count). The second-order valence-corrected chi connectivity index (χ2v) is 5.80. The second-order valence-electron chi connectivity index (χ2n) is 5.80. The molecule has 20 heavy (non-hydrogen) atoms. The Morgan fingerprint density at radius 3 is 2.70 bits per heavy atom. The third kappa shape index (κ3) is 2.44. The maximum atomic E-state index is 9.87. The van der Waals surface area contributed by atoms with Gasteiger partial charge in [0.1, 0.15) is 5.75 Å². The van der Waals surface area contributed by atoms with Crippen LogP contribution in [0.25, 0.3) is 0 Å². The first kappa shape index (κ1) is 13.2. The molecular formula is C18H21NO. The van der Waals surface area contributed by atoms with E-state index in [4.69, 9.17) is 0 Å². The van der Waals surface area contributed by atoms with Gasteiger partial charge in [-0.05, 0) is 54.8 Å². The smallest absolute Gasteiger partial charge is 0.115 e. The molecule has 0 saturated heterocycles. The second kappa shape index (κ2) is 5.29. The number of phenols is 1. The highest BCUT2D eigenvalue weighted by atomic mass is 16.3. The van der Waals surface area contributed by atoms with E-state index in [9.17, 15) is 5.11 Å². The third-order valence-electron chi connectivity index (χ3n) is 4.33. The van der Waals surface area contributed by atoms with E-state index in [2.05, 4.69) is 49.2 Å². The van der Waals surface area contributed by atoms with Gasteiger partial charge in [0.25, 0.3) is 0 Å². The Kier molecular flexibility index (Phi) is 3.49. The maximum absolute atomic E-state index is 9.87. The number of phenolic OH excluding ortho intramolecular Hbond substituents is 1. The molecule has 2 aromatic carbocycles. The standard InChI is InChI=1S/C18H21NO/c1-13-5-3-4-6-16(13)18-12-19(2)10-9-14-7-8-15(20)11-17(14)18/h3-8,11,18,20H,9-10,12H2,1-2H3. The van der Waals surface area contributed by atoms with Gasteiger partial charge >= 0.3 is 0 Å². The largest absolute Gasteiger partial charge is 0.508 e. The lowest BCUT2D eigenvalue weighted by Crippen LogP contribution is -2.24. The molecule has 104 valence electrons. The van der Waals surface area contributed by atoms with Crippen LogP contribution in [0.3, 0.4) is 0 Å². The van der Waals surface area contributed by atoms with Crippen LogP contribution >= 0.6 is 0 Å². The van der Waals surface area contributed by atoms with Crippen LogP contribution in [-0.2, 0) is 6.42 Å². The quantitative estimate of drug-likeness (QED) is 0.856. The molecule has 1 unspecified atom stereocenters. The van der Waals surface area contributed by atoms with Crippen molar-refractivity contribution in [3.05, 3.63) is 64.7 Å². The van der Waals surface area contributed by atoms with Gasteiger partial charge in [0.15, 0.2) is 0 Å². The summed E-state index contributed by atoms with van der Waals surface area (Å²) in [4.78, 5) is 2.38. The molecule has 0 bridgehead atoms. The van der Waals surface area contributed by atoms with Crippen molar-refractivity contribution in [2.45, 2.75) is 19.3 Å². The summed E-state index contributed by atoms with van der Waals surface area (Å²) in [6.07, 6.45) is 1.05. The maximum Gasteiger partial charge on any atom is 0.115 e. The van der Waals surface area contributed by atoms with E-state index in [1.807, 2.05) is 6.07 Å². The van der Waals surface area contributed by atoms with Crippen molar-refractivity contribution in [1.29, 1.82) is 0 Å². The van der Waals surface area contributed by atoms with Crippen molar-refractivity contribution in [3.8, 4) is 5.75 Å². The topological polar surface area (TPSA) is 23.5 Å². The number of hydrogen-bond acceptors (Lipinski definition) is 2. The Hall–Kier alpha value is -1.80. The average Bonchev–Trinajstić information content (AvgIpc) is 2.59. The van der Waals surface area contributed by atoms with Gasteiger partial charge in [0.2, 0.25) is 0 Å². The van der Waals surface area contributed by atoms with E-state index in [0.717, 1.165) is 19.5 Å². The first-order chi connectivity index (χ1) is 9.65. The molecule has 0 saturated carbocycles. The zero-order valence-electron chi connectivity index (χ0n) is 12.1. The fourth-order valence-electron chi connectivity index (χ4n) is 3.19. The number of likely N-dealkylation sites (N-methyl/N-ethyl adjacent to an activating group) is 1. The molecule has 2 heteroatoms. The van der Waals surface area contributed by atoms with Crippen molar-refractivity contribution in [1.82, 2.24) is 4.90 Å². The van der Waals surface area contributed by atoms with E-state index >= 15 is 0 Å². The summed E-state index contributed by atoms with van der Waals surface area (Å²) in [7, 11) is 2.18. The zero-order valence-corrected chi connectivity index (χ0v) is 12.1. The highest BCUT2D eigenvalue weighted by Crippen LogP contribution is 2.34. The highest BCUT2D eigenvalue weighted by Gasteiger charge is 2.24. The number of fused-ring (bicyclic) bond motifs is 1. The number of benzene rings is 2. The van der Waals surface area contributed by atoms with Gasteiger partial charge < -0.3 is 10.0 Å². The minimum Gasteiger partial charge on any atom is -0.508 e. The molecule has 1 aliphatic heterocycles. The Bertz CT molecular complexity index is 621.